The van der Waals surface area contributed by atoms with E-state index in [1.807, 2.05) is 23.9 Å². The third kappa shape index (κ3) is 2.76. The van der Waals surface area contributed by atoms with Crippen LogP contribution in [0.1, 0.15) is 6.92 Å². The Morgan fingerprint density at radius 1 is 1.24 bits per heavy atom. The zero-order chi connectivity index (χ0) is 13.1. The minimum atomic E-state index is -2.36. The summed E-state index contributed by atoms with van der Waals surface area (Å²) in [4.78, 5) is 11.4. The van der Waals surface area contributed by atoms with E-state index in [2.05, 4.69) is 38.4 Å². The third-order valence-corrected chi connectivity index (χ3v) is 16.0. The smallest absolute Gasteiger partial charge is 0.291 e. The number of benzene rings is 1. The van der Waals surface area contributed by atoms with E-state index in [1.165, 1.54) is 6.92 Å². The lowest BCUT2D eigenvalue weighted by atomic mass is 10.4. The van der Waals surface area contributed by atoms with Crippen molar-refractivity contribution in [3.63, 3.8) is 0 Å². The summed E-state index contributed by atoms with van der Waals surface area (Å²) in [6, 6.07) is 10.1. The van der Waals surface area contributed by atoms with Gasteiger partial charge in [0.2, 0.25) is 0 Å². The van der Waals surface area contributed by atoms with Gasteiger partial charge in [-0.2, -0.15) is 0 Å². The lowest BCUT2D eigenvalue weighted by Gasteiger charge is -2.37. The van der Waals surface area contributed by atoms with E-state index in [0.717, 1.165) is 5.19 Å². The van der Waals surface area contributed by atoms with E-state index in [1.54, 1.807) is 0 Å². The van der Waals surface area contributed by atoms with Crippen molar-refractivity contribution in [3.05, 3.63) is 42.6 Å². The van der Waals surface area contributed by atoms with Crippen LogP contribution in [-0.4, -0.2) is 21.4 Å². The fourth-order valence-electron chi connectivity index (χ4n) is 2.02. The van der Waals surface area contributed by atoms with Crippen LogP contribution in [0.4, 0.5) is 0 Å². The van der Waals surface area contributed by atoms with Gasteiger partial charge in [-0.3, -0.25) is 4.79 Å². The zero-order valence-corrected chi connectivity index (χ0v) is 13.0. The molecule has 0 fully saturated rings. The molecule has 1 rings (SSSR count). The molecule has 0 saturated heterocycles. The van der Waals surface area contributed by atoms with Crippen molar-refractivity contribution in [2.24, 2.45) is 0 Å². The van der Waals surface area contributed by atoms with Crippen molar-refractivity contribution in [1.29, 1.82) is 0 Å². The molecule has 0 spiro atoms. The Balaban J connectivity index is 3.37. The summed E-state index contributed by atoms with van der Waals surface area (Å²) in [5.41, 5.74) is 1.91. The van der Waals surface area contributed by atoms with Crippen LogP contribution >= 0.6 is 0 Å². The van der Waals surface area contributed by atoms with Gasteiger partial charge in [0, 0.05) is 6.92 Å². The van der Waals surface area contributed by atoms with Crippen LogP contribution in [0.3, 0.4) is 0 Å². The summed E-state index contributed by atoms with van der Waals surface area (Å²) < 4.78 is 5.78. The number of carbonyl (C=O) groups excluding carboxylic acids is 1. The molecule has 17 heavy (non-hydrogen) atoms. The van der Waals surface area contributed by atoms with E-state index in [4.69, 9.17) is 4.43 Å². The van der Waals surface area contributed by atoms with Crippen molar-refractivity contribution in [2.45, 2.75) is 26.6 Å². The summed E-state index contributed by atoms with van der Waals surface area (Å²) in [7, 11) is -4.02. The van der Waals surface area contributed by atoms with Crippen molar-refractivity contribution in [2.75, 3.05) is 0 Å². The molecule has 1 aromatic carbocycles. The SMILES string of the molecule is C=C[Si](OC(C)=O)(c1ccccc1)[Si](C)(C)C. The third-order valence-electron chi connectivity index (χ3n) is 2.91. The van der Waals surface area contributed by atoms with Crippen LogP contribution in [0.25, 0.3) is 0 Å². The molecule has 1 aromatic rings. The van der Waals surface area contributed by atoms with Crippen molar-refractivity contribution < 1.29 is 9.22 Å². The van der Waals surface area contributed by atoms with Gasteiger partial charge < -0.3 is 4.43 Å². The summed E-state index contributed by atoms with van der Waals surface area (Å²) in [5.74, 6) is -0.206. The molecule has 0 aliphatic heterocycles. The van der Waals surface area contributed by atoms with Gasteiger partial charge in [-0.1, -0.05) is 55.7 Å². The van der Waals surface area contributed by atoms with Crippen LogP contribution in [0.2, 0.25) is 19.6 Å². The topological polar surface area (TPSA) is 26.3 Å². The highest BCUT2D eigenvalue weighted by atomic mass is 29.3. The second-order valence-electron chi connectivity index (χ2n) is 5.15. The van der Waals surface area contributed by atoms with Crippen LogP contribution in [-0.2, 0) is 9.22 Å². The first-order valence-electron chi connectivity index (χ1n) is 5.72. The predicted octanol–water partition coefficient (Wildman–Crippen LogP) is 2.54. The maximum Gasteiger partial charge on any atom is 0.291 e. The van der Waals surface area contributed by atoms with Gasteiger partial charge in [0.1, 0.15) is 0 Å². The second-order valence-corrected chi connectivity index (χ2v) is 19.0. The van der Waals surface area contributed by atoms with Crippen LogP contribution < -0.4 is 5.19 Å². The highest BCUT2D eigenvalue weighted by Gasteiger charge is 2.49. The van der Waals surface area contributed by atoms with Crippen molar-refractivity contribution in [1.82, 2.24) is 0 Å². The molecule has 1 atom stereocenters. The van der Waals surface area contributed by atoms with E-state index >= 15 is 0 Å². The molecular formula is C13H20O2Si2. The number of hydrogen-bond donors (Lipinski definition) is 0. The molecule has 4 heteroatoms. The minimum absolute atomic E-state index is 0.206. The Morgan fingerprint density at radius 3 is 2.12 bits per heavy atom. The van der Waals surface area contributed by atoms with Crippen LogP contribution in [0.15, 0.2) is 42.6 Å². The van der Waals surface area contributed by atoms with Gasteiger partial charge in [-0.05, 0) is 5.19 Å². The van der Waals surface area contributed by atoms with Gasteiger partial charge in [0.05, 0.1) is 7.59 Å². The highest BCUT2D eigenvalue weighted by molar-refractivity contribution is 7.45. The Kier molecular flexibility index (Phi) is 4.11. The molecule has 0 aliphatic carbocycles. The molecule has 0 aliphatic rings. The van der Waals surface area contributed by atoms with Crippen LogP contribution in [0.5, 0.6) is 0 Å². The Bertz CT molecular complexity index is 409. The molecular weight excluding hydrogens is 244 g/mol. The number of rotatable bonds is 4. The lowest BCUT2D eigenvalue weighted by molar-refractivity contribution is -0.132. The van der Waals surface area contributed by atoms with Crippen molar-refractivity contribution >= 4 is 26.6 Å². The molecule has 0 amide bonds. The molecule has 0 N–H and O–H groups in total. The number of hydrogen-bond acceptors (Lipinski definition) is 2. The molecule has 0 saturated carbocycles. The first-order valence-corrected chi connectivity index (χ1v) is 12.2. The van der Waals surface area contributed by atoms with Crippen LogP contribution in [0, 0.1) is 0 Å². The summed E-state index contributed by atoms with van der Waals surface area (Å²) in [6.07, 6.45) is 0. The summed E-state index contributed by atoms with van der Waals surface area (Å²) >= 11 is 0. The van der Waals surface area contributed by atoms with Gasteiger partial charge >= 0.3 is 0 Å². The molecule has 92 valence electrons. The van der Waals surface area contributed by atoms with E-state index in [-0.39, 0.29) is 5.97 Å². The molecule has 0 radical (unpaired) electrons. The molecule has 2 nitrogen and oxygen atoms in total. The first kappa shape index (κ1) is 13.9. The standard InChI is InChI=1S/C13H20O2Si2/c1-6-17(15-12(2)14,16(3,4)5)13-10-8-7-9-11-13/h6-11H,1H2,2-5H3. The maximum absolute atomic E-state index is 11.4. The van der Waals surface area contributed by atoms with Gasteiger partial charge in [-0.25, -0.2) is 0 Å². The quantitative estimate of drug-likeness (QED) is 0.781. The van der Waals surface area contributed by atoms with Gasteiger partial charge in [0.15, 0.2) is 0 Å². The fraction of sp³-hybridized carbons (Fsp3) is 0.308. The number of carbonyl (C=O) groups is 1. The molecule has 1 unspecified atom stereocenters. The summed E-state index contributed by atoms with van der Waals surface area (Å²) in [6.45, 7) is 12.1. The maximum atomic E-state index is 11.4. The zero-order valence-electron chi connectivity index (χ0n) is 11.0. The normalized spacial score (nSPS) is 14.8. The average molecular weight is 264 g/mol. The first-order chi connectivity index (χ1) is 7.83. The second kappa shape index (κ2) is 5.02. The lowest BCUT2D eigenvalue weighted by Crippen LogP contribution is -2.67. The minimum Gasteiger partial charge on any atom is -0.514 e. The van der Waals surface area contributed by atoms with Gasteiger partial charge in [-0.15, -0.1) is 6.58 Å². The average Bonchev–Trinajstić information content (AvgIpc) is 2.25. The fourth-order valence-corrected chi connectivity index (χ4v) is 11.7. The molecule has 0 heterocycles. The Morgan fingerprint density at radius 2 is 1.76 bits per heavy atom. The predicted molar refractivity (Wildman–Crippen MR) is 77.1 cm³/mol. The summed E-state index contributed by atoms with van der Waals surface area (Å²) in [5, 5.41) is 1.14. The largest absolute Gasteiger partial charge is 0.514 e. The molecule has 0 aromatic heterocycles. The highest BCUT2D eigenvalue weighted by Crippen LogP contribution is 2.21. The van der Waals surface area contributed by atoms with E-state index in [0.29, 0.717) is 0 Å². The Labute approximate surface area is 105 Å². The van der Waals surface area contributed by atoms with Gasteiger partial charge in [0.25, 0.3) is 13.8 Å². The van der Waals surface area contributed by atoms with E-state index in [9.17, 15) is 4.79 Å². The monoisotopic (exact) mass is 264 g/mol. The van der Waals surface area contributed by atoms with Crippen molar-refractivity contribution in [3.8, 4) is 0 Å². The Hall–Kier alpha value is -1.14. The molecule has 0 bridgehead atoms. The van der Waals surface area contributed by atoms with E-state index < -0.39 is 15.4 Å².